The molecule has 0 radical (unpaired) electrons. The number of nitriles is 1. The summed E-state index contributed by atoms with van der Waals surface area (Å²) in [6.07, 6.45) is 4.54. The molecule has 0 bridgehead atoms. The van der Waals surface area contributed by atoms with Crippen LogP contribution in [0.5, 0.6) is 0 Å². The molecular weight excluding hydrogens is 390 g/mol. The van der Waals surface area contributed by atoms with E-state index in [1.807, 2.05) is 0 Å². The highest BCUT2D eigenvalue weighted by Gasteiger charge is 2.48. The van der Waals surface area contributed by atoms with Gasteiger partial charge in [-0.2, -0.15) is 5.26 Å². The van der Waals surface area contributed by atoms with Gasteiger partial charge < -0.3 is 10.6 Å². The third-order valence-electron chi connectivity index (χ3n) is 5.73. The first-order chi connectivity index (χ1) is 13.9. The molecular formula is C20H17N5O3S. The normalized spacial score (nSPS) is 23.4. The minimum Gasteiger partial charge on any atom is -0.369 e. The zero-order valence-electron chi connectivity index (χ0n) is 15.3. The van der Waals surface area contributed by atoms with Crippen molar-refractivity contribution in [3.05, 3.63) is 48.8 Å². The molecule has 8 nitrogen and oxygen atoms in total. The van der Waals surface area contributed by atoms with E-state index >= 15 is 0 Å². The predicted molar refractivity (Wildman–Crippen MR) is 107 cm³/mol. The predicted octanol–water partition coefficient (Wildman–Crippen LogP) is 2.70. The van der Waals surface area contributed by atoms with Gasteiger partial charge in [0.2, 0.25) is 5.91 Å². The smallest absolute Gasteiger partial charge is 0.269 e. The van der Waals surface area contributed by atoms with Crippen molar-refractivity contribution in [2.75, 3.05) is 10.6 Å². The third kappa shape index (κ3) is 2.53. The minimum absolute atomic E-state index is 0.169. The summed E-state index contributed by atoms with van der Waals surface area (Å²) in [7, 11) is -3.80. The van der Waals surface area contributed by atoms with Crippen molar-refractivity contribution in [1.29, 1.82) is 5.26 Å². The van der Waals surface area contributed by atoms with Gasteiger partial charge in [0.1, 0.15) is 5.54 Å². The van der Waals surface area contributed by atoms with Crippen molar-refractivity contribution in [2.24, 2.45) is 5.92 Å². The molecule has 1 fully saturated rings. The van der Waals surface area contributed by atoms with Crippen molar-refractivity contribution in [3.8, 4) is 6.07 Å². The molecule has 146 valence electrons. The maximum atomic E-state index is 13.1. The van der Waals surface area contributed by atoms with Crippen molar-refractivity contribution < 1.29 is 13.2 Å². The van der Waals surface area contributed by atoms with Crippen LogP contribution in [0.15, 0.2) is 53.7 Å². The van der Waals surface area contributed by atoms with Gasteiger partial charge in [0.25, 0.3) is 10.0 Å². The Hall–Kier alpha value is -3.38. The Kier molecular flexibility index (Phi) is 3.70. The molecule has 3 heterocycles. The van der Waals surface area contributed by atoms with Crippen LogP contribution < -0.4 is 10.6 Å². The van der Waals surface area contributed by atoms with Gasteiger partial charge in [0, 0.05) is 17.5 Å². The molecule has 1 aliphatic carbocycles. The van der Waals surface area contributed by atoms with Crippen LogP contribution in [0.2, 0.25) is 0 Å². The number of pyridine rings is 1. The molecule has 2 unspecified atom stereocenters. The second-order valence-corrected chi connectivity index (χ2v) is 9.26. The number of nitrogens with one attached hydrogen (secondary N) is 2. The molecule has 3 aromatic rings. The molecule has 1 aromatic carbocycles. The Bertz CT molecular complexity index is 1290. The lowest BCUT2D eigenvalue weighted by molar-refractivity contribution is -0.120. The van der Waals surface area contributed by atoms with Crippen LogP contribution in [-0.4, -0.2) is 28.8 Å². The average Bonchev–Trinajstić information content (AvgIpc) is 3.35. The highest BCUT2D eigenvalue weighted by atomic mass is 32.2. The van der Waals surface area contributed by atoms with Crippen LogP contribution in [-0.2, 0) is 14.8 Å². The molecule has 1 amide bonds. The zero-order valence-corrected chi connectivity index (χ0v) is 16.1. The first-order valence-corrected chi connectivity index (χ1v) is 10.7. The maximum absolute atomic E-state index is 13.1. The largest absolute Gasteiger partial charge is 0.369 e. The number of nitrogens with zero attached hydrogens (tertiary/aromatic N) is 3. The summed E-state index contributed by atoms with van der Waals surface area (Å²) in [5.74, 6) is -0.365. The monoisotopic (exact) mass is 407 g/mol. The summed E-state index contributed by atoms with van der Waals surface area (Å²) in [6, 6.07) is 12.1. The standard InChI is InChI=1S/C20H17N5O3S/c21-11-13-6-8-20(10-13)19(26)23-16-12-22-18-15(17(16)24-20)7-9-25(18)29(27,28)14-4-2-1-3-5-14/h1-5,7,9,12-13,24H,6,8,10H2,(H,23,26). The van der Waals surface area contributed by atoms with Crippen LogP contribution in [0, 0.1) is 17.2 Å². The topological polar surface area (TPSA) is 117 Å². The van der Waals surface area contributed by atoms with Crippen molar-refractivity contribution >= 4 is 38.3 Å². The van der Waals surface area contributed by atoms with E-state index in [4.69, 9.17) is 0 Å². The summed E-state index contributed by atoms with van der Waals surface area (Å²) >= 11 is 0. The van der Waals surface area contributed by atoms with E-state index in [0.29, 0.717) is 36.0 Å². The molecule has 5 rings (SSSR count). The van der Waals surface area contributed by atoms with Gasteiger partial charge in [0.15, 0.2) is 5.65 Å². The first-order valence-electron chi connectivity index (χ1n) is 9.25. The molecule has 1 spiro atoms. The number of carbonyl (C=O) groups is 1. The fourth-order valence-corrected chi connectivity index (χ4v) is 5.53. The summed E-state index contributed by atoms with van der Waals surface area (Å²) < 4.78 is 27.3. The first kappa shape index (κ1) is 17.7. The number of rotatable bonds is 2. The lowest BCUT2D eigenvalue weighted by atomic mass is 9.91. The van der Waals surface area contributed by atoms with E-state index in [9.17, 15) is 18.5 Å². The van der Waals surface area contributed by atoms with E-state index in [1.54, 1.807) is 24.3 Å². The fraction of sp³-hybridized carbons (Fsp3) is 0.250. The van der Waals surface area contributed by atoms with Crippen molar-refractivity contribution in [1.82, 2.24) is 8.96 Å². The highest BCUT2D eigenvalue weighted by molar-refractivity contribution is 7.90. The van der Waals surface area contributed by atoms with Gasteiger partial charge in [-0.25, -0.2) is 17.4 Å². The van der Waals surface area contributed by atoms with Crippen molar-refractivity contribution in [3.63, 3.8) is 0 Å². The number of amides is 1. The SMILES string of the molecule is N#CC1CCC2(C1)Nc1c(cnc3c1ccn3S(=O)(=O)c1ccccc1)NC2=O. The van der Waals surface area contributed by atoms with Crippen molar-refractivity contribution in [2.45, 2.75) is 29.7 Å². The Labute approximate surface area is 167 Å². The molecule has 9 heteroatoms. The van der Waals surface area contributed by atoms with Gasteiger partial charge in [-0.1, -0.05) is 18.2 Å². The Morgan fingerprint density at radius 2 is 2.03 bits per heavy atom. The molecule has 0 saturated heterocycles. The van der Waals surface area contributed by atoms with E-state index < -0.39 is 15.6 Å². The molecule has 1 saturated carbocycles. The Morgan fingerprint density at radius 1 is 1.24 bits per heavy atom. The molecule has 2 aliphatic rings. The number of carbonyl (C=O) groups excluding carboxylic acids is 1. The van der Waals surface area contributed by atoms with E-state index in [-0.39, 0.29) is 22.4 Å². The summed E-state index contributed by atoms with van der Waals surface area (Å²) in [6.45, 7) is 0. The molecule has 29 heavy (non-hydrogen) atoms. The highest BCUT2D eigenvalue weighted by Crippen LogP contribution is 2.44. The number of anilines is 2. The lowest BCUT2D eigenvalue weighted by Gasteiger charge is -2.35. The number of hydrogen-bond acceptors (Lipinski definition) is 6. The second kappa shape index (κ2) is 6.06. The van der Waals surface area contributed by atoms with Gasteiger partial charge in [-0.3, -0.25) is 4.79 Å². The van der Waals surface area contributed by atoms with Crippen LogP contribution in [0.4, 0.5) is 11.4 Å². The van der Waals surface area contributed by atoms with Crippen LogP contribution in [0.25, 0.3) is 11.0 Å². The Morgan fingerprint density at radius 3 is 2.76 bits per heavy atom. The second-order valence-electron chi connectivity index (χ2n) is 7.44. The maximum Gasteiger partial charge on any atom is 0.269 e. The zero-order chi connectivity index (χ0) is 20.2. The molecule has 2 aromatic heterocycles. The number of aromatic nitrogens is 2. The van der Waals surface area contributed by atoms with Gasteiger partial charge in [0.05, 0.1) is 28.5 Å². The average molecular weight is 407 g/mol. The summed E-state index contributed by atoms with van der Waals surface area (Å²) in [5, 5.41) is 16.0. The molecule has 2 atom stereocenters. The van der Waals surface area contributed by atoms with Gasteiger partial charge in [-0.05, 0) is 37.5 Å². The quantitative estimate of drug-likeness (QED) is 0.675. The Balaban J connectivity index is 1.63. The van der Waals surface area contributed by atoms with E-state index in [0.717, 1.165) is 3.97 Å². The van der Waals surface area contributed by atoms with Gasteiger partial charge >= 0.3 is 0 Å². The van der Waals surface area contributed by atoms with Gasteiger partial charge in [-0.15, -0.1) is 0 Å². The minimum atomic E-state index is -3.80. The lowest BCUT2D eigenvalue weighted by Crippen LogP contribution is -2.50. The molecule has 2 N–H and O–H groups in total. The number of hydrogen-bond donors (Lipinski definition) is 2. The van der Waals surface area contributed by atoms with Crippen LogP contribution in [0.3, 0.4) is 0 Å². The van der Waals surface area contributed by atoms with E-state index in [2.05, 4.69) is 21.7 Å². The fourth-order valence-electron chi connectivity index (χ4n) is 4.21. The summed E-state index contributed by atoms with van der Waals surface area (Å²) in [4.78, 5) is 17.2. The third-order valence-corrected chi connectivity index (χ3v) is 7.41. The van der Waals surface area contributed by atoms with E-state index in [1.165, 1.54) is 24.5 Å². The van der Waals surface area contributed by atoms with Crippen LogP contribution in [0.1, 0.15) is 19.3 Å². The van der Waals surface area contributed by atoms with Crippen LogP contribution >= 0.6 is 0 Å². The number of fused-ring (bicyclic) bond motifs is 3. The molecule has 1 aliphatic heterocycles. The summed E-state index contributed by atoms with van der Waals surface area (Å²) in [5.41, 5.74) is 0.557. The number of benzene rings is 1.